The van der Waals surface area contributed by atoms with Crippen LogP contribution in [0.2, 0.25) is 0 Å². The van der Waals surface area contributed by atoms with Gasteiger partial charge in [-0.25, -0.2) is 0 Å². The SMILES string of the molecule is CC(C)Oc1ccc(CC(=O)Oc2cc(C(OS(C)(=O)=O)C(N)C(C)(C)C)ccc2OC(=O)CCCCCC(C)(C)C)cc1. The minimum atomic E-state index is -3.90. The van der Waals surface area contributed by atoms with E-state index in [0.29, 0.717) is 23.3 Å². The fourth-order valence-corrected chi connectivity index (χ4v) is 5.00. The lowest BCUT2D eigenvalue weighted by molar-refractivity contribution is -0.136. The van der Waals surface area contributed by atoms with E-state index >= 15 is 0 Å². The molecule has 2 aromatic carbocycles. The maximum Gasteiger partial charge on any atom is 0.315 e. The third kappa shape index (κ3) is 13.8. The van der Waals surface area contributed by atoms with Crippen molar-refractivity contribution in [2.75, 3.05) is 6.26 Å². The van der Waals surface area contributed by atoms with Gasteiger partial charge < -0.3 is 19.9 Å². The molecule has 0 bridgehead atoms. The van der Waals surface area contributed by atoms with Gasteiger partial charge in [-0.15, -0.1) is 0 Å². The molecule has 2 aromatic rings. The number of benzene rings is 2. The van der Waals surface area contributed by atoms with E-state index in [1.54, 1.807) is 30.3 Å². The van der Waals surface area contributed by atoms with Gasteiger partial charge in [-0.05, 0) is 72.9 Å². The fourth-order valence-electron chi connectivity index (χ4n) is 4.39. The van der Waals surface area contributed by atoms with Crippen molar-refractivity contribution in [1.82, 2.24) is 0 Å². The van der Waals surface area contributed by atoms with Gasteiger partial charge in [0.05, 0.1) is 18.8 Å². The highest BCUT2D eigenvalue weighted by atomic mass is 32.2. The van der Waals surface area contributed by atoms with Crippen LogP contribution in [0, 0.1) is 10.8 Å². The van der Waals surface area contributed by atoms with Crippen LogP contribution in [0.5, 0.6) is 17.2 Å². The maximum absolute atomic E-state index is 13.1. The number of carbonyl (C=O) groups excluding carboxylic acids is 2. The molecule has 0 aliphatic heterocycles. The molecule has 2 atom stereocenters. The summed E-state index contributed by atoms with van der Waals surface area (Å²) in [7, 11) is -3.90. The maximum atomic E-state index is 13.1. The molecule has 2 N–H and O–H groups in total. The summed E-state index contributed by atoms with van der Waals surface area (Å²) in [5.41, 5.74) is 7.22. The van der Waals surface area contributed by atoms with Crippen LogP contribution in [0.4, 0.5) is 0 Å². The summed E-state index contributed by atoms with van der Waals surface area (Å²) < 4.78 is 46.8. The molecule has 246 valence electrons. The molecule has 0 saturated heterocycles. The van der Waals surface area contributed by atoms with Crippen molar-refractivity contribution >= 4 is 22.1 Å². The summed E-state index contributed by atoms with van der Waals surface area (Å²) in [6.45, 7) is 16.0. The first-order valence-corrected chi connectivity index (χ1v) is 17.0. The molecule has 44 heavy (non-hydrogen) atoms. The Morgan fingerprint density at radius 1 is 0.841 bits per heavy atom. The Kier molecular flexibility index (Phi) is 13.4. The number of ether oxygens (including phenoxy) is 3. The number of rotatable bonds is 15. The van der Waals surface area contributed by atoms with Crippen molar-refractivity contribution in [2.24, 2.45) is 16.6 Å². The monoisotopic (exact) mass is 633 g/mol. The minimum absolute atomic E-state index is 0.0182. The van der Waals surface area contributed by atoms with E-state index in [9.17, 15) is 18.0 Å². The summed E-state index contributed by atoms with van der Waals surface area (Å²) in [6, 6.07) is 10.8. The van der Waals surface area contributed by atoms with E-state index in [-0.39, 0.29) is 35.9 Å². The van der Waals surface area contributed by atoms with E-state index in [2.05, 4.69) is 20.8 Å². The number of esters is 2. The summed E-state index contributed by atoms with van der Waals surface area (Å²) in [5.74, 6) is -0.354. The first-order chi connectivity index (χ1) is 20.2. The lowest BCUT2D eigenvalue weighted by atomic mass is 9.82. The van der Waals surface area contributed by atoms with E-state index in [1.807, 2.05) is 34.6 Å². The fraction of sp³-hybridized carbons (Fsp3) is 0.588. The Bertz CT molecular complexity index is 1340. The molecule has 2 rings (SSSR count). The van der Waals surface area contributed by atoms with Crippen molar-refractivity contribution in [2.45, 2.75) is 112 Å². The average molecular weight is 634 g/mol. The first-order valence-electron chi connectivity index (χ1n) is 15.2. The van der Waals surface area contributed by atoms with Crippen LogP contribution < -0.4 is 19.9 Å². The van der Waals surface area contributed by atoms with Gasteiger partial charge in [0.15, 0.2) is 11.5 Å². The van der Waals surface area contributed by atoms with Crippen LogP contribution >= 0.6 is 0 Å². The summed E-state index contributed by atoms with van der Waals surface area (Å²) >= 11 is 0. The molecule has 9 nitrogen and oxygen atoms in total. The van der Waals surface area contributed by atoms with Gasteiger partial charge >= 0.3 is 11.9 Å². The van der Waals surface area contributed by atoms with Crippen LogP contribution in [0.1, 0.15) is 105 Å². The second-order valence-electron chi connectivity index (χ2n) is 13.9. The van der Waals surface area contributed by atoms with Gasteiger partial charge in [-0.3, -0.25) is 13.8 Å². The van der Waals surface area contributed by atoms with Crippen molar-refractivity contribution < 1.29 is 36.4 Å². The number of unbranched alkanes of at least 4 members (excludes halogenated alkanes) is 2. The summed E-state index contributed by atoms with van der Waals surface area (Å²) in [4.78, 5) is 25.8. The van der Waals surface area contributed by atoms with Crippen LogP contribution in [0.3, 0.4) is 0 Å². The highest BCUT2D eigenvalue weighted by Crippen LogP contribution is 2.37. The zero-order valence-corrected chi connectivity index (χ0v) is 28.6. The molecule has 0 spiro atoms. The highest BCUT2D eigenvalue weighted by molar-refractivity contribution is 7.86. The van der Waals surface area contributed by atoms with Gasteiger partial charge in [0.2, 0.25) is 0 Å². The zero-order valence-electron chi connectivity index (χ0n) is 27.8. The summed E-state index contributed by atoms with van der Waals surface area (Å²) in [6.07, 6.45) is 3.67. The topological polar surface area (TPSA) is 131 Å². The van der Waals surface area contributed by atoms with Crippen molar-refractivity contribution in [3.63, 3.8) is 0 Å². The lowest BCUT2D eigenvalue weighted by Crippen LogP contribution is -2.42. The zero-order chi connectivity index (χ0) is 33.3. The Morgan fingerprint density at radius 2 is 1.45 bits per heavy atom. The Morgan fingerprint density at radius 3 is 2.00 bits per heavy atom. The smallest absolute Gasteiger partial charge is 0.315 e. The Hall–Kier alpha value is -2.95. The van der Waals surface area contributed by atoms with Gasteiger partial charge in [0.1, 0.15) is 11.9 Å². The van der Waals surface area contributed by atoms with Gasteiger partial charge in [-0.1, -0.05) is 72.6 Å². The van der Waals surface area contributed by atoms with Crippen LogP contribution in [-0.4, -0.2) is 38.8 Å². The number of hydrogen-bond donors (Lipinski definition) is 1. The number of carbonyl (C=O) groups is 2. The van der Waals surface area contributed by atoms with Crippen molar-refractivity contribution in [3.8, 4) is 17.2 Å². The van der Waals surface area contributed by atoms with E-state index in [4.69, 9.17) is 24.1 Å². The molecule has 0 fully saturated rings. The third-order valence-electron chi connectivity index (χ3n) is 6.80. The van der Waals surface area contributed by atoms with Gasteiger partial charge in [-0.2, -0.15) is 8.42 Å². The second-order valence-corrected chi connectivity index (χ2v) is 15.5. The van der Waals surface area contributed by atoms with Crippen molar-refractivity contribution in [3.05, 3.63) is 53.6 Å². The molecule has 0 saturated carbocycles. The molecule has 0 radical (unpaired) electrons. The third-order valence-corrected chi connectivity index (χ3v) is 7.36. The number of nitrogens with two attached hydrogens (primary N) is 1. The largest absolute Gasteiger partial charge is 0.491 e. The van der Waals surface area contributed by atoms with Crippen LogP contribution in [0.25, 0.3) is 0 Å². The predicted molar refractivity (Wildman–Crippen MR) is 172 cm³/mol. The second kappa shape index (κ2) is 15.9. The molecule has 0 heterocycles. The first kappa shape index (κ1) is 37.2. The molecule has 10 heteroatoms. The van der Waals surface area contributed by atoms with E-state index < -0.39 is 39.6 Å². The quantitative estimate of drug-likeness (QED) is 0.0961. The molecule has 0 aliphatic carbocycles. The molecule has 0 amide bonds. The minimum Gasteiger partial charge on any atom is -0.491 e. The standard InChI is InChI=1S/C34H51NO8S/c1-23(2)40-26-17-14-24(15-18-26)21-30(37)42-28-22-25(31(43-44(9,38)39)32(35)34(6,7)8)16-19-27(28)41-29(36)13-11-10-12-20-33(3,4)5/h14-19,22-23,31-32H,10-13,20-21,35H2,1-9H3. The normalized spacial score (nSPS) is 13.8. The summed E-state index contributed by atoms with van der Waals surface area (Å²) in [5, 5.41) is 0. The average Bonchev–Trinajstić information content (AvgIpc) is 2.87. The van der Waals surface area contributed by atoms with Crippen LogP contribution in [0.15, 0.2) is 42.5 Å². The highest BCUT2D eigenvalue weighted by Gasteiger charge is 2.34. The number of hydrogen-bond acceptors (Lipinski definition) is 9. The Labute approximate surface area is 263 Å². The van der Waals surface area contributed by atoms with Gasteiger partial charge in [0.25, 0.3) is 10.1 Å². The van der Waals surface area contributed by atoms with Gasteiger partial charge in [0, 0.05) is 12.5 Å². The molecule has 0 aromatic heterocycles. The molecular formula is C34H51NO8S. The van der Waals surface area contributed by atoms with E-state index in [1.165, 1.54) is 12.1 Å². The van der Waals surface area contributed by atoms with Crippen molar-refractivity contribution in [1.29, 1.82) is 0 Å². The molecular weight excluding hydrogens is 582 g/mol. The van der Waals surface area contributed by atoms with E-state index in [0.717, 1.165) is 25.5 Å². The molecule has 0 aliphatic rings. The van der Waals surface area contributed by atoms with Crippen LogP contribution in [-0.2, 0) is 30.3 Å². The predicted octanol–water partition coefficient (Wildman–Crippen LogP) is 6.91. The Balaban J connectivity index is 2.32. The molecule has 2 unspecified atom stereocenters. The lowest BCUT2D eigenvalue weighted by Gasteiger charge is -2.33.